The Morgan fingerprint density at radius 2 is 2.17 bits per heavy atom. The predicted octanol–water partition coefficient (Wildman–Crippen LogP) is 0.230. The van der Waals surface area contributed by atoms with Gasteiger partial charge in [0, 0.05) is 32.7 Å². The fourth-order valence-corrected chi connectivity index (χ4v) is 2.24. The van der Waals surface area contributed by atoms with E-state index < -0.39 is 0 Å². The van der Waals surface area contributed by atoms with Gasteiger partial charge in [-0.1, -0.05) is 12.2 Å². The quantitative estimate of drug-likeness (QED) is 0.702. The first-order valence-corrected chi connectivity index (χ1v) is 6.66. The molecule has 1 rings (SSSR count). The van der Waals surface area contributed by atoms with Crippen molar-refractivity contribution >= 4 is 23.1 Å². The number of carbonyl (C=O) groups is 1. The zero-order valence-corrected chi connectivity index (χ0v) is 12.2. The maximum atomic E-state index is 12.0. The Hall–Kier alpha value is -0.720. The van der Waals surface area contributed by atoms with E-state index in [0.717, 1.165) is 13.0 Å². The van der Waals surface area contributed by atoms with Crippen molar-refractivity contribution in [3.63, 3.8) is 0 Å². The molecule has 1 saturated heterocycles. The number of nitrogens with two attached hydrogens (primary N) is 1. The molecule has 1 amide bonds. The molecule has 5 nitrogen and oxygen atoms in total. The molecule has 0 saturated carbocycles. The Labute approximate surface area is 114 Å². The summed E-state index contributed by atoms with van der Waals surface area (Å²) in [5.74, 6) is 0.0906. The van der Waals surface area contributed by atoms with Gasteiger partial charge < -0.3 is 15.4 Å². The van der Waals surface area contributed by atoms with Gasteiger partial charge in [-0.3, -0.25) is 9.69 Å². The molecule has 2 N–H and O–H groups in total. The highest BCUT2D eigenvalue weighted by Gasteiger charge is 2.29. The minimum atomic E-state index is 0.0906. The summed E-state index contributed by atoms with van der Waals surface area (Å²) in [6.45, 7) is 3.82. The van der Waals surface area contributed by atoms with Crippen LogP contribution in [0.25, 0.3) is 0 Å². The molecule has 0 bridgehead atoms. The Kier molecular flexibility index (Phi) is 5.98. The molecule has 0 radical (unpaired) electrons. The number of carbonyl (C=O) groups excluding carboxylic acids is 1. The van der Waals surface area contributed by atoms with E-state index in [1.807, 2.05) is 7.05 Å². The summed E-state index contributed by atoms with van der Waals surface area (Å²) in [5.41, 5.74) is 5.43. The first-order valence-electron chi connectivity index (χ1n) is 6.26. The lowest BCUT2D eigenvalue weighted by Gasteiger charge is -2.28. The summed E-state index contributed by atoms with van der Waals surface area (Å²) >= 11 is 4.80. The molecule has 1 heterocycles. The van der Waals surface area contributed by atoms with Crippen LogP contribution in [-0.4, -0.2) is 66.6 Å². The van der Waals surface area contributed by atoms with Crippen molar-refractivity contribution in [2.24, 2.45) is 5.73 Å². The first kappa shape index (κ1) is 15.3. The zero-order chi connectivity index (χ0) is 13.7. The molecule has 18 heavy (non-hydrogen) atoms. The van der Waals surface area contributed by atoms with Crippen LogP contribution >= 0.6 is 12.2 Å². The molecule has 0 spiro atoms. The number of ether oxygens (including phenoxy) is 1. The number of amides is 1. The maximum absolute atomic E-state index is 12.0. The second kappa shape index (κ2) is 7.01. The van der Waals surface area contributed by atoms with Crippen LogP contribution in [-0.2, 0) is 9.53 Å². The van der Waals surface area contributed by atoms with Crippen molar-refractivity contribution in [1.82, 2.24) is 9.80 Å². The summed E-state index contributed by atoms with van der Waals surface area (Å²) in [6.07, 6.45) is 1.76. The molecule has 1 fully saturated rings. The SMILES string of the molecule is CC1OCCC1N(C)CC(=O)N(C)CCC(N)=S. The number of thiocarbonyl (C=S) groups is 1. The molecule has 2 unspecified atom stereocenters. The van der Waals surface area contributed by atoms with Crippen LogP contribution in [0, 0.1) is 0 Å². The van der Waals surface area contributed by atoms with Gasteiger partial charge in [-0.05, 0) is 20.4 Å². The minimum absolute atomic E-state index is 0.0906. The average molecular weight is 273 g/mol. The van der Waals surface area contributed by atoms with Crippen molar-refractivity contribution in [2.45, 2.75) is 31.9 Å². The zero-order valence-electron chi connectivity index (χ0n) is 11.4. The summed E-state index contributed by atoms with van der Waals surface area (Å²) in [6, 6.07) is 0.331. The number of hydrogen-bond donors (Lipinski definition) is 1. The highest BCUT2D eigenvalue weighted by atomic mass is 32.1. The van der Waals surface area contributed by atoms with Crippen LogP contribution in [0.15, 0.2) is 0 Å². The maximum Gasteiger partial charge on any atom is 0.236 e. The Bertz CT molecular complexity index is 312. The van der Waals surface area contributed by atoms with Gasteiger partial charge in [0.05, 0.1) is 17.6 Å². The topological polar surface area (TPSA) is 58.8 Å². The molecule has 1 aliphatic heterocycles. The van der Waals surface area contributed by atoms with Crippen LogP contribution in [0.5, 0.6) is 0 Å². The van der Waals surface area contributed by atoms with E-state index in [0.29, 0.717) is 30.5 Å². The molecular formula is C12H23N3O2S. The summed E-state index contributed by atoms with van der Waals surface area (Å²) in [4.78, 5) is 16.2. The Morgan fingerprint density at radius 3 is 2.67 bits per heavy atom. The van der Waals surface area contributed by atoms with Crippen LogP contribution in [0.4, 0.5) is 0 Å². The van der Waals surface area contributed by atoms with Crippen LogP contribution in [0.2, 0.25) is 0 Å². The van der Waals surface area contributed by atoms with Gasteiger partial charge in [0.2, 0.25) is 5.91 Å². The normalized spacial score (nSPS) is 23.3. The van der Waals surface area contributed by atoms with Crippen molar-refractivity contribution in [3.8, 4) is 0 Å². The fraction of sp³-hybridized carbons (Fsp3) is 0.833. The molecule has 104 valence electrons. The number of nitrogens with zero attached hydrogens (tertiary/aromatic N) is 2. The van der Waals surface area contributed by atoms with Crippen LogP contribution < -0.4 is 5.73 Å². The lowest BCUT2D eigenvalue weighted by Crippen LogP contribution is -2.44. The third kappa shape index (κ3) is 4.51. The molecule has 2 atom stereocenters. The lowest BCUT2D eigenvalue weighted by molar-refractivity contribution is -0.131. The first-order chi connectivity index (χ1) is 8.41. The Morgan fingerprint density at radius 1 is 1.50 bits per heavy atom. The molecule has 0 aliphatic carbocycles. The molecule has 1 aliphatic rings. The van der Waals surface area contributed by atoms with Crippen molar-refractivity contribution in [2.75, 3.05) is 33.8 Å². The highest BCUT2D eigenvalue weighted by Crippen LogP contribution is 2.17. The van der Waals surface area contributed by atoms with Gasteiger partial charge in [0.15, 0.2) is 0 Å². The van der Waals surface area contributed by atoms with Gasteiger partial charge >= 0.3 is 0 Å². The largest absolute Gasteiger partial charge is 0.393 e. The van der Waals surface area contributed by atoms with E-state index in [4.69, 9.17) is 22.7 Å². The van der Waals surface area contributed by atoms with Gasteiger partial charge in [0.25, 0.3) is 0 Å². The molecule has 6 heteroatoms. The number of hydrogen-bond acceptors (Lipinski definition) is 4. The van der Waals surface area contributed by atoms with Crippen molar-refractivity contribution < 1.29 is 9.53 Å². The summed E-state index contributed by atoms with van der Waals surface area (Å²) in [5, 5.41) is 0. The van der Waals surface area contributed by atoms with E-state index in [2.05, 4.69) is 11.8 Å². The molecule has 0 aromatic rings. The second-order valence-electron chi connectivity index (χ2n) is 4.88. The third-order valence-corrected chi connectivity index (χ3v) is 3.61. The standard InChI is InChI=1S/C12H23N3O2S/c1-9-10(5-7-17-9)15(3)8-12(16)14(2)6-4-11(13)18/h9-10H,4-8H2,1-3H3,(H2,13,18). The lowest BCUT2D eigenvalue weighted by atomic mass is 10.1. The average Bonchev–Trinajstić information content (AvgIpc) is 2.72. The van der Waals surface area contributed by atoms with E-state index in [1.165, 1.54) is 0 Å². The van der Waals surface area contributed by atoms with Crippen LogP contribution in [0.1, 0.15) is 19.8 Å². The van der Waals surface area contributed by atoms with E-state index in [-0.39, 0.29) is 12.0 Å². The second-order valence-corrected chi connectivity index (χ2v) is 5.40. The van der Waals surface area contributed by atoms with Crippen molar-refractivity contribution in [1.29, 1.82) is 0 Å². The fourth-order valence-electron chi connectivity index (χ4n) is 2.15. The highest BCUT2D eigenvalue weighted by molar-refractivity contribution is 7.80. The van der Waals surface area contributed by atoms with E-state index in [1.54, 1.807) is 11.9 Å². The number of rotatable bonds is 6. The molecule has 0 aromatic carbocycles. The number of likely N-dealkylation sites (N-methyl/N-ethyl adjacent to an activating group) is 2. The van der Waals surface area contributed by atoms with E-state index >= 15 is 0 Å². The summed E-state index contributed by atoms with van der Waals surface area (Å²) in [7, 11) is 3.75. The minimum Gasteiger partial charge on any atom is -0.393 e. The van der Waals surface area contributed by atoms with Gasteiger partial charge in [0.1, 0.15) is 0 Å². The van der Waals surface area contributed by atoms with E-state index in [9.17, 15) is 4.79 Å². The smallest absolute Gasteiger partial charge is 0.236 e. The predicted molar refractivity (Wildman–Crippen MR) is 75.5 cm³/mol. The third-order valence-electron chi connectivity index (χ3n) is 3.41. The van der Waals surface area contributed by atoms with Gasteiger partial charge in [-0.15, -0.1) is 0 Å². The Balaban J connectivity index is 2.36. The van der Waals surface area contributed by atoms with Gasteiger partial charge in [-0.2, -0.15) is 0 Å². The monoisotopic (exact) mass is 273 g/mol. The summed E-state index contributed by atoms with van der Waals surface area (Å²) < 4.78 is 5.51. The van der Waals surface area contributed by atoms with Crippen molar-refractivity contribution in [3.05, 3.63) is 0 Å². The van der Waals surface area contributed by atoms with Gasteiger partial charge in [-0.25, -0.2) is 0 Å². The van der Waals surface area contributed by atoms with Crippen LogP contribution in [0.3, 0.4) is 0 Å². The molecule has 0 aromatic heterocycles. The molecular weight excluding hydrogens is 250 g/mol.